The van der Waals surface area contributed by atoms with Crippen molar-refractivity contribution in [2.75, 3.05) is 11.9 Å². The van der Waals surface area contributed by atoms with Gasteiger partial charge in [0, 0.05) is 6.54 Å². The molecule has 20 heavy (non-hydrogen) atoms. The zero-order valence-electron chi connectivity index (χ0n) is 11.1. The van der Waals surface area contributed by atoms with Gasteiger partial charge in [0.2, 0.25) is 0 Å². The molecule has 2 heteroatoms. The Bertz CT molecular complexity index is 716. The van der Waals surface area contributed by atoms with E-state index in [1.807, 2.05) is 24.3 Å². The van der Waals surface area contributed by atoms with Gasteiger partial charge in [0.15, 0.2) is 0 Å². The van der Waals surface area contributed by atoms with Crippen LogP contribution in [0.1, 0.15) is 5.56 Å². The number of anilines is 1. The summed E-state index contributed by atoms with van der Waals surface area (Å²) in [6.45, 7) is 0.873. The van der Waals surface area contributed by atoms with Gasteiger partial charge in [-0.05, 0) is 34.9 Å². The van der Waals surface area contributed by atoms with Crippen LogP contribution in [0.25, 0.3) is 10.8 Å². The zero-order valence-corrected chi connectivity index (χ0v) is 11.9. The van der Waals surface area contributed by atoms with Crippen molar-refractivity contribution in [3.8, 4) is 0 Å². The van der Waals surface area contributed by atoms with Crippen LogP contribution in [0.3, 0.4) is 0 Å². The first-order chi connectivity index (χ1) is 9.84. The number of para-hydroxylation sites is 1. The Balaban J connectivity index is 1.73. The molecule has 0 aliphatic heterocycles. The molecule has 0 saturated heterocycles. The van der Waals surface area contributed by atoms with Gasteiger partial charge in [-0.2, -0.15) is 0 Å². The molecule has 0 amide bonds. The first kappa shape index (κ1) is 13.0. The molecule has 0 aromatic heterocycles. The predicted molar refractivity (Wildman–Crippen MR) is 87.6 cm³/mol. The second-order valence-electron chi connectivity index (χ2n) is 4.79. The minimum Gasteiger partial charge on any atom is -0.384 e. The number of hydrogen-bond donors (Lipinski definition) is 1. The molecule has 0 saturated carbocycles. The fourth-order valence-corrected chi connectivity index (χ4v) is 2.65. The zero-order chi connectivity index (χ0) is 13.8. The fourth-order valence-electron chi connectivity index (χ4n) is 2.45. The number of hydrogen-bond acceptors (Lipinski definition) is 1. The number of rotatable bonds is 4. The van der Waals surface area contributed by atoms with E-state index >= 15 is 0 Å². The van der Waals surface area contributed by atoms with Crippen LogP contribution in [0, 0.1) is 0 Å². The van der Waals surface area contributed by atoms with Crippen LogP contribution in [0.5, 0.6) is 0 Å². The third kappa shape index (κ3) is 2.78. The minimum atomic E-state index is 0.769. The Morgan fingerprint density at radius 3 is 2.45 bits per heavy atom. The normalized spacial score (nSPS) is 10.7. The number of halogens is 1. The third-order valence-corrected chi connectivity index (χ3v) is 3.79. The summed E-state index contributed by atoms with van der Waals surface area (Å²) >= 11 is 6.14. The fraction of sp³-hybridized carbons (Fsp3) is 0.111. The smallest absolute Gasteiger partial charge is 0.0637 e. The molecule has 1 nitrogen and oxygen atoms in total. The Morgan fingerprint density at radius 1 is 0.800 bits per heavy atom. The summed E-state index contributed by atoms with van der Waals surface area (Å²) in [6, 6.07) is 22.8. The van der Waals surface area contributed by atoms with E-state index in [-0.39, 0.29) is 0 Å². The summed E-state index contributed by atoms with van der Waals surface area (Å²) in [6.07, 6.45) is 0.979. The van der Waals surface area contributed by atoms with Gasteiger partial charge in [-0.15, -0.1) is 0 Å². The summed E-state index contributed by atoms with van der Waals surface area (Å²) in [7, 11) is 0. The highest BCUT2D eigenvalue weighted by Crippen LogP contribution is 2.22. The van der Waals surface area contributed by atoms with Gasteiger partial charge >= 0.3 is 0 Å². The molecule has 3 rings (SSSR count). The van der Waals surface area contributed by atoms with Gasteiger partial charge in [-0.25, -0.2) is 0 Å². The Morgan fingerprint density at radius 2 is 1.55 bits per heavy atom. The van der Waals surface area contributed by atoms with E-state index in [9.17, 15) is 0 Å². The summed E-state index contributed by atoms with van der Waals surface area (Å²) in [5, 5.41) is 6.79. The molecule has 3 aromatic carbocycles. The van der Waals surface area contributed by atoms with Crippen molar-refractivity contribution in [2.45, 2.75) is 6.42 Å². The van der Waals surface area contributed by atoms with Crippen molar-refractivity contribution < 1.29 is 0 Å². The molecule has 3 aromatic rings. The van der Waals surface area contributed by atoms with Crippen LogP contribution in [-0.4, -0.2) is 6.54 Å². The lowest BCUT2D eigenvalue weighted by Gasteiger charge is -2.10. The summed E-state index contributed by atoms with van der Waals surface area (Å²) < 4.78 is 0. The van der Waals surface area contributed by atoms with Gasteiger partial charge in [-0.1, -0.05) is 66.2 Å². The highest BCUT2D eigenvalue weighted by Gasteiger charge is 2.01. The van der Waals surface area contributed by atoms with E-state index in [4.69, 9.17) is 11.6 Å². The molecule has 0 atom stereocenters. The second-order valence-corrected chi connectivity index (χ2v) is 5.20. The van der Waals surface area contributed by atoms with Crippen molar-refractivity contribution in [1.82, 2.24) is 0 Å². The molecular weight excluding hydrogens is 266 g/mol. The van der Waals surface area contributed by atoms with Gasteiger partial charge in [0.1, 0.15) is 0 Å². The van der Waals surface area contributed by atoms with Gasteiger partial charge in [0.05, 0.1) is 10.7 Å². The van der Waals surface area contributed by atoms with Crippen LogP contribution < -0.4 is 5.32 Å². The van der Waals surface area contributed by atoms with E-state index in [0.29, 0.717) is 0 Å². The van der Waals surface area contributed by atoms with E-state index in [2.05, 4.69) is 47.8 Å². The predicted octanol–water partition coefficient (Wildman–Crippen LogP) is 5.15. The molecule has 0 fully saturated rings. The first-order valence-electron chi connectivity index (χ1n) is 6.79. The standard InChI is InChI=1S/C18H16ClN/c19-17-10-3-4-11-18(17)20-13-12-15-8-5-7-14-6-1-2-9-16(14)15/h1-11,20H,12-13H2. The second kappa shape index (κ2) is 5.98. The Hall–Kier alpha value is -1.99. The average molecular weight is 282 g/mol. The summed E-state index contributed by atoms with van der Waals surface area (Å²) in [4.78, 5) is 0. The molecule has 0 bridgehead atoms. The minimum absolute atomic E-state index is 0.769. The number of fused-ring (bicyclic) bond motifs is 1. The molecule has 0 radical (unpaired) electrons. The summed E-state index contributed by atoms with van der Waals surface area (Å²) in [5.41, 5.74) is 2.36. The SMILES string of the molecule is Clc1ccccc1NCCc1cccc2ccccc12. The third-order valence-electron chi connectivity index (χ3n) is 3.46. The van der Waals surface area contributed by atoms with Gasteiger partial charge in [0.25, 0.3) is 0 Å². The highest BCUT2D eigenvalue weighted by molar-refractivity contribution is 6.33. The van der Waals surface area contributed by atoms with Crippen LogP contribution in [0.4, 0.5) is 5.69 Å². The van der Waals surface area contributed by atoms with E-state index in [1.165, 1.54) is 16.3 Å². The van der Waals surface area contributed by atoms with Crippen molar-refractivity contribution in [3.63, 3.8) is 0 Å². The quantitative estimate of drug-likeness (QED) is 0.697. The Labute approximate surface area is 124 Å². The molecule has 0 aliphatic carbocycles. The van der Waals surface area contributed by atoms with Crippen molar-refractivity contribution >= 4 is 28.1 Å². The first-order valence-corrected chi connectivity index (χ1v) is 7.17. The number of nitrogens with one attached hydrogen (secondary N) is 1. The lowest BCUT2D eigenvalue weighted by Crippen LogP contribution is -2.05. The van der Waals surface area contributed by atoms with Crippen LogP contribution >= 0.6 is 11.6 Å². The Kier molecular flexibility index (Phi) is 3.89. The van der Waals surface area contributed by atoms with Gasteiger partial charge < -0.3 is 5.32 Å². The largest absolute Gasteiger partial charge is 0.384 e. The maximum Gasteiger partial charge on any atom is 0.0637 e. The molecular formula is C18H16ClN. The highest BCUT2D eigenvalue weighted by atomic mass is 35.5. The van der Waals surface area contributed by atoms with Crippen molar-refractivity contribution in [2.24, 2.45) is 0 Å². The molecule has 100 valence electrons. The van der Waals surface area contributed by atoms with Crippen LogP contribution in [0.15, 0.2) is 66.7 Å². The maximum absolute atomic E-state index is 6.14. The lowest BCUT2D eigenvalue weighted by molar-refractivity contribution is 1.03. The van der Waals surface area contributed by atoms with E-state index in [0.717, 1.165) is 23.7 Å². The van der Waals surface area contributed by atoms with E-state index < -0.39 is 0 Å². The lowest BCUT2D eigenvalue weighted by atomic mass is 10.0. The monoisotopic (exact) mass is 281 g/mol. The molecule has 0 spiro atoms. The maximum atomic E-state index is 6.14. The topological polar surface area (TPSA) is 12.0 Å². The molecule has 0 aliphatic rings. The molecule has 1 N–H and O–H groups in total. The van der Waals surface area contributed by atoms with Crippen molar-refractivity contribution in [1.29, 1.82) is 0 Å². The number of benzene rings is 3. The molecule has 0 unspecified atom stereocenters. The van der Waals surface area contributed by atoms with Crippen LogP contribution in [-0.2, 0) is 6.42 Å². The van der Waals surface area contributed by atoms with Crippen LogP contribution in [0.2, 0.25) is 5.02 Å². The average Bonchev–Trinajstić information content (AvgIpc) is 2.49. The summed E-state index contributed by atoms with van der Waals surface area (Å²) in [5.74, 6) is 0. The van der Waals surface area contributed by atoms with E-state index in [1.54, 1.807) is 0 Å². The molecule has 0 heterocycles. The van der Waals surface area contributed by atoms with Crippen molar-refractivity contribution in [3.05, 3.63) is 77.3 Å². The van der Waals surface area contributed by atoms with Gasteiger partial charge in [-0.3, -0.25) is 0 Å².